The van der Waals surface area contributed by atoms with Crippen LogP contribution >= 0.6 is 0 Å². The smallest absolute Gasteiger partial charge is 0.656 e. The number of alkyl halides is 2. The molecule has 4 aromatic heterocycles. The Morgan fingerprint density at radius 3 is 2.16 bits per heavy atom. The second-order valence-electron chi connectivity index (χ2n) is 15.8. The molecule has 4 heterocycles. The summed E-state index contributed by atoms with van der Waals surface area (Å²) in [5, 5.41) is 3.95. The van der Waals surface area contributed by atoms with Crippen LogP contribution in [0.3, 0.4) is 0 Å². The van der Waals surface area contributed by atoms with Crippen molar-refractivity contribution in [2.45, 2.75) is 32.6 Å². The number of rotatable bonds is 7. The van der Waals surface area contributed by atoms with Crippen molar-refractivity contribution in [2.24, 2.45) is 0 Å². The van der Waals surface area contributed by atoms with Crippen molar-refractivity contribution >= 4 is 54.6 Å². The number of fused-ring (bicyclic) bond motifs is 7. The zero-order valence-corrected chi connectivity index (χ0v) is 35.7. The number of aryl methyl sites for hydroxylation is 1. The third-order valence-electron chi connectivity index (χ3n) is 11.8. The standard InChI is InChI=1S/C53H37F2N5.Pt/c1-32(2)42-30-43-39-25-24-34(29-47(39)60(49-28-33(3)26-27-56-49)48(43)31-44(42)53(54,55)35-14-6-4-7-15-35)37-19-13-23-46-51(37)58-52(59(46)36-16-8-5-9-17-36)41-21-12-20-40-38-18-10-11-22-45(38)57-50(40)41;/h4-28,30-32H,1-3H3;/q-2;+2. The molecular weight excluding hydrogens is 940 g/mol. The fraction of sp³-hybridized carbons (Fsp3) is 0.0943. The fourth-order valence-electron chi connectivity index (χ4n) is 8.91. The largest absolute Gasteiger partial charge is 2.00 e. The van der Waals surface area contributed by atoms with Gasteiger partial charge in [0.1, 0.15) is 11.6 Å². The molecule has 0 aliphatic heterocycles. The molecule has 0 spiro atoms. The molecule has 0 saturated carbocycles. The number of hydrogen-bond donors (Lipinski definition) is 0. The van der Waals surface area contributed by atoms with Crippen molar-refractivity contribution in [1.29, 1.82) is 0 Å². The van der Waals surface area contributed by atoms with Crippen molar-refractivity contribution in [2.75, 3.05) is 0 Å². The van der Waals surface area contributed by atoms with Crippen LogP contribution in [0.25, 0.3) is 88.7 Å². The minimum Gasteiger partial charge on any atom is -0.656 e. The molecule has 11 aromatic rings. The molecule has 0 unspecified atom stereocenters. The summed E-state index contributed by atoms with van der Waals surface area (Å²) in [6.45, 7) is 5.95. The van der Waals surface area contributed by atoms with E-state index in [4.69, 9.17) is 15.0 Å². The topological polar surface area (TPSA) is 49.7 Å². The summed E-state index contributed by atoms with van der Waals surface area (Å²) in [4.78, 5) is 15.4. The molecule has 0 amide bonds. The summed E-state index contributed by atoms with van der Waals surface area (Å²) in [5.41, 5.74) is 10.2. The van der Waals surface area contributed by atoms with E-state index >= 15 is 8.78 Å². The maximum atomic E-state index is 16.7. The Balaban J connectivity index is 0.00000445. The first-order chi connectivity index (χ1) is 29.3. The van der Waals surface area contributed by atoms with Crippen LogP contribution in [0.5, 0.6) is 0 Å². The molecule has 0 bridgehead atoms. The van der Waals surface area contributed by atoms with Gasteiger partial charge in [-0.3, -0.25) is 4.57 Å². The van der Waals surface area contributed by atoms with E-state index in [-0.39, 0.29) is 38.1 Å². The van der Waals surface area contributed by atoms with Crippen LogP contribution < -0.4 is 4.98 Å². The zero-order valence-electron chi connectivity index (χ0n) is 33.5. The monoisotopic (exact) mass is 976 g/mol. The molecule has 5 nitrogen and oxygen atoms in total. The Morgan fingerprint density at radius 1 is 0.656 bits per heavy atom. The van der Waals surface area contributed by atoms with Crippen molar-refractivity contribution in [3.05, 3.63) is 192 Å². The van der Waals surface area contributed by atoms with Crippen molar-refractivity contribution in [3.63, 3.8) is 0 Å². The van der Waals surface area contributed by atoms with Gasteiger partial charge in [-0.15, -0.1) is 34.8 Å². The number of nitrogens with zero attached hydrogens (tertiary/aromatic N) is 5. The quantitative estimate of drug-likeness (QED) is 0.150. The van der Waals surface area contributed by atoms with Crippen molar-refractivity contribution in [1.82, 2.24) is 24.1 Å². The normalized spacial score (nSPS) is 12.0. The Bertz CT molecular complexity index is 3460. The molecule has 0 aliphatic carbocycles. The second kappa shape index (κ2) is 14.8. The average molecular weight is 977 g/mol. The van der Waals surface area contributed by atoms with Gasteiger partial charge in [0.05, 0.1) is 11.0 Å². The van der Waals surface area contributed by atoms with Crippen LogP contribution in [0.1, 0.15) is 42.0 Å². The second-order valence-corrected chi connectivity index (χ2v) is 15.8. The molecule has 0 fully saturated rings. The van der Waals surface area contributed by atoms with Gasteiger partial charge in [-0.1, -0.05) is 134 Å². The first-order valence-electron chi connectivity index (χ1n) is 20.2. The van der Waals surface area contributed by atoms with Gasteiger partial charge in [0.25, 0.3) is 5.92 Å². The summed E-state index contributed by atoms with van der Waals surface area (Å²) in [6, 6.07) is 54.6. The molecule has 8 heteroatoms. The summed E-state index contributed by atoms with van der Waals surface area (Å²) >= 11 is 0. The van der Waals surface area contributed by atoms with Crippen LogP contribution in [0.2, 0.25) is 0 Å². The number of halogens is 2. The Morgan fingerprint density at radius 2 is 1.38 bits per heavy atom. The number of para-hydroxylation sites is 4. The van der Waals surface area contributed by atoms with Gasteiger partial charge in [-0.25, -0.2) is 9.97 Å². The van der Waals surface area contributed by atoms with Gasteiger partial charge in [0.15, 0.2) is 0 Å². The minimum atomic E-state index is -3.23. The summed E-state index contributed by atoms with van der Waals surface area (Å²) < 4.78 is 37.6. The van der Waals surface area contributed by atoms with E-state index in [0.29, 0.717) is 16.9 Å². The third kappa shape index (κ3) is 6.13. The van der Waals surface area contributed by atoms with Gasteiger partial charge in [0.2, 0.25) is 0 Å². The first kappa shape index (κ1) is 38.5. The summed E-state index contributed by atoms with van der Waals surface area (Å²) in [7, 11) is 0. The van der Waals surface area contributed by atoms with Gasteiger partial charge >= 0.3 is 21.1 Å². The molecule has 0 aliphatic rings. The van der Waals surface area contributed by atoms with E-state index in [0.717, 1.165) is 82.9 Å². The van der Waals surface area contributed by atoms with Crippen molar-refractivity contribution in [3.8, 4) is 34.0 Å². The summed E-state index contributed by atoms with van der Waals surface area (Å²) in [5.74, 6) is -1.97. The fourth-order valence-corrected chi connectivity index (χ4v) is 8.91. The molecule has 0 radical (unpaired) electrons. The third-order valence-corrected chi connectivity index (χ3v) is 11.8. The van der Waals surface area contributed by atoms with Gasteiger partial charge in [-0.05, 0) is 82.0 Å². The molecule has 61 heavy (non-hydrogen) atoms. The molecule has 7 aromatic carbocycles. The zero-order chi connectivity index (χ0) is 40.7. The van der Waals surface area contributed by atoms with Gasteiger partial charge in [-0.2, -0.15) is 8.78 Å². The SMILES string of the molecule is Cc1ccnc(-n2c3[c-]c(-c4cccc5c4nc(-c4cccc6c4[n-]c4ccccc46)n5-c4ccccc4)ccc3c3cc(C(C)C)c(C(F)(F)c4ccccc4)cc32)c1.[Pt+2]. The van der Waals surface area contributed by atoms with E-state index < -0.39 is 5.92 Å². The van der Waals surface area contributed by atoms with Gasteiger partial charge in [0, 0.05) is 34.1 Å². The Hall–Kier alpha value is -6.69. The van der Waals surface area contributed by atoms with E-state index in [1.165, 1.54) is 12.1 Å². The van der Waals surface area contributed by atoms with Crippen LogP contribution in [0, 0.1) is 13.0 Å². The predicted octanol–water partition coefficient (Wildman–Crippen LogP) is 13.5. The van der Waals surface area contributed by atoms with E-state index in [9.17, 15) is 0 Å². The number of pyridine rings is 1. The van der Waals surface area contributed by atoms with E-state index in [1.807, 2.05) is 79.9 Å². The van der Waals surface area contributed by atoms with E-state index in [1.54, 1.807) is 30.5 Å². The molecule has 0 N–H and O–H groups in total. The number of benzene rings is 7. The van der Waals surface area contributed by atoms with Gasteiger partial charge < -0.3 is 9.55 Å². The van der Waals surface area contributed by atoms with E-state index in [2.05, 4.69) is 77.4 Å². The number of imidazole rings is 1. The maximum Gasteiger partial charge on any atom is 2.00 e. The van der Waals surface area contributed by atoms with Crippen LogP contribution in [0.4, 0.5) is 8.78 Å². The Labute approximate surface area is 365 Å². The number of hydrogen-bond acceptors (Lipinski definition) is 2. The average Bonchev–Trinajstić information content (AvgIpc) is 3.96. The Kier molecular flexibility index (Phi) is 9.34. The summed E-state index contributed by atoms with van der Waals surface area (Å²) in [6.07, 6.45) is 1.76. The molecule has 11 rings (SSSR count). The van der Waals surface area contributed by atoms with Crippen molar-refractivity contribution < 1.29 is 29.8 Å². The minimum absolute atomic E-state index is 0. The molecule has 0 saturated heterocycles. The first-order valence-corrected chi connectivity index (χ1v) is 20.2. The van der Waals surface area contributed by atoms with Crippen LogP contribution in [-0.4, -0.2) is 19.1 Å². The predicted molar refractivity (Wildman–Crippen MR) is 240 cm³/mol. The molecule has 0 atom stereocenters. The van der Waals surface area contributed by atoms with Crippen LogP contribution in [0.15, 0.2) is 164 Å². The molecule has 298 valence electrons. The van der Waals surface area contributed by atoms with Crippen LogP contribution in [-0.2, 0) is 27.0 Å². The molecular formula is C53H37F2N5Pt. The number of aromatic nitrogens is 5. The maximum absolute atomic E-state index is 16.7.